The Morgan fingerprint density at radius 2 is 1.83 bits per heavy atom. The highest BCUT2D eigenvalue weighted by Gasteiger charge is 2.23. The van der Waals surface area contributed by atoms with Gasteiger partial charge in [0.1, 0.15) is 0 Å². The second kappa shape index (κ2) is 8.11. The molecule has 5 nitrogen and oxygen atoms in total. The minimum atomic E-state index is -0.0142. The van der Waals surface area contributed by atoms with E-state index in [1.54, 1.807) is 4.90 Å². The lowest BCUT2D eigenvalue weighted by Gasteiger charge is -2.33. The van der Waals surface area contributed by atoms with Crippen molar-refractivity contribution in [2.45, 2.75) is 38.8 Å². The second-order valence-corrected chi connectivity index (χ2v) is 6.49. The van der Waals surface area contributed by atoms with Gasteiger partial charge in [0, 0.05) is 37.8 Å². The van der Waals surface area contributed by atoms with Gasteiger partial charge in [-0.05, 0) is 38.8 Å². The lowest BCUT2D eigenvalue weighted by atomic mass is 10.0. The van der Waals surface area contributed by atoms with Crippen LogP contribution in [-0.4, -0.2) is 60.4 Å². The number of benzene rings is 1. The van der Waals surface area contributed by atoms with Gasteiger partial charge in [-0.3, -0.25) is 14.5 Å². The molecule has 1 aliphatic rings. The van der Waals surface area contributed by atoms with Crippen LogP contribution in [0, 0.1) is 0 Å². The Balaban J connectivity index is 1.76. The summed E-state index contributed by atoms with van der Waals surface area (Å²) in [5.74, 6) is 0.145. The predicted molar refractivity (Wildman–Crippen MR) is 91.3 cm³/mol. The summed E-state index contributed by atoms with van der Waals surface area (Å²) in [4.78, 5) is 28.2. The number of carbonyl (C=O) groups excluding carboxylic acids is 2. The van der Waals surface area contributed by atoms with Crippen molar-refractivity contribution in [1.82, 2.24) is 15.1 Å². The van der Waals surface area contributed by atoms with E-state index >= 15 is 0 Å². The minimum absolute atomic E-state index is 0.0142. The Hall–Kier alpha value is -1.88. The van der Waals surface area contributed by atoms with E-state index in [0.29, 0.717) is 12.1 Å². The molecule has 0 aliphatic carbocycles. The molecule has 0 saturated carbocycles. The van der Waals surface area contributed by atoms with Gasteiger partial charge in [-0.1, -0.05) is 18.2 Å². The van der Waals surface area contributed by atoms with Crippen LogP contribution in [0.3, 0.4) is 0 Å². The van der Waals surface area contributed by atoms with Crippen molar-refractivity contribution in [3.8, 4) is 0 Å². The standard InChI is InChI=1S/C18H27N3O2/c1-14(2)20(3)17(22)13-21-11-9-16(10-12-21)19-18(23)15-7-5-4-6-8-15/h4-8,14,16H,9-13H2,1-3H3,(H,19,23). The molecule has 1 aromatic rings. The van der Waals surface area contributed by atoms with Gasteiger partial charge in [-0.15, -0.1) is 0 Å². The molecule has 2 amide bonds. The Bertz CT molecular complexity index is 522. The molecular formula is C18H27N3O2. The third kappa shape index (κ3) is 5.06. The molecule has 0 aromatic heterocycles. The SMILES string of the molecule is CC(C)N(C)C(=O)CN1CCC(NC(=O)c2ccccc2)CC1. The highest BCUT2D eigenvalue weighted by Crippen LogP contribution is 2.12. The number of nitrogens with one attached hydrogen (secondary N) is 1. The average molecular weight is 317 g/mol. The van der Waals surface area contributed by atoms with Crippen LogP contribution in [0.4, 0.5) is 0 Å². The summed E-state index contributed by atoms with van der Waals surface area (Å²) < 4.78 is 0. The molecule has 2 rings (SSSR count). The van der Waals surface area contributed by atoms with Gasteiger partial charge in [0.15, 0.2) is 0 Å². The Morgan fingerprint density at radius 3 is 2.39 bits per heavy atom. The minimum Gasteiger partial charge on any atom is -0.349 e. The zero-order valence-electron chi connectivity index (χ0n) is 14.3. The van der Waals surface area contributed by atoms with Crippen LogP contribution in [0.1, 0.15) is 37.0 Å². The molecule has 1 aromatic carbocycles. The third-order valence-corrected chi connectivity index (χ3v) is 4.49. The maximum atomic E-state index is 12.2. The van der Waals surface area contributed by atoms with Gasteiger partial charge in [-0.25, -0.2) is 0 Å². The van der Waals surface area contributed by atoms with E-state index < -0.39 is 0 Å². The molecule has 0 spiro atoms. The molecule has 0 atom stereocenters. The van der Waals surface area contributed by atoms with Crippen molar-refractivity contribution in [2.75, 3.05) is 26.7 Å². The monoisotopic (exact) mass is 317 g/mol. The Kier molecular flexibility index (Phi) is 6.16. The number of piperidine rings is 1. The second-order valence-electron chi connectivity index (χ2n) is 6.49. The Morgan fingerprint density at radius 1 is 1.22 bits per heavy atom. The number of amides is 2. The van der Waals surface area contributed by atoms with Crippen LogP contribution in [0.25, 0.3) is 0 Å². The van der Waals surface area contributed by atoms with Crippen LogP contribution in [-0.2, 0) is 4.79 Å². The van der Waals surface area contributed by atoms with Gasteiger partial charge in [0.05, 0.1) is 6.54 Å². The molecule has 1 heterocycles. The smallest absolute Gasteiger partial charge is 0.251 e. The Labute approximate surface area is 138 Å². The van der Waals surface area contributed by atoms with E-state index in [0.717, 1.165) is 25.9 Å². The first-order chi connectivity index (χ1) is 11.0. The van der Waals surface area contributed by atoms with E-state index in [2.05, 4.69) is 10.2 Å². The number of likely N-dealkylation sites (N-methyl/N-ethyl adjacent to an activating group) is 1. The summed E-state index contributed by atoms with van der Waals surface area (Å²) in [5, 5.41) is 3.09. The van der Waals surface area contributed by atoms with Gasteiger partial charge >= 0.3 is 0 Å². The summed E-state index contributed by atoms with van der Waals surface area (Å²) in [6.45, 7) is 6.19. The number of hydrogen-bond acceptors (Lipinski definition) is 3. The molecule has 5 heteroatoms. The fourth-order valence-electron chi connectivity index (χ4n) is 2.68. The van der Waals surface area contributed by atoms with E-state index in [-0.39, 0.29) is 23.9 Å². The molecule has 0 radical (unpaired) electrons. The number of rotatable bonds is 5. The summed E-state index contributed by atoms with van der Waals surface area (Å²) in [5.41, 5.74) is 0.698. The largest absolute Gasteiger partial charge is 0.349 e. The summed E-state index contributed by atoms with van der Waals surface area (Å²) in [6.07, 6.45) is 1.77. The molecular weight excluding hydrogens is 290 g/mol. The molecule has 1 saturated heterocycles. The number of hydrogen-bond donors (Lipinski definition) is 1. The molecule has 126 valence electrons. The van der Waals surface area contributed by atoms with Crippen molar-refractivity contribution in [3.05, 3.63) is 35.9 Å². The molecule has 1 N–H and O–H groups in total. The third-order valence-electron chi connectivity index (χ3n) is 4.49. The normalized spacial score (nSPS) is 16.3. The van der Waals surface area contributed by atoms with E-state index in [1.165, 1.54) is 0 Å². The van der Waals surface area contributed by atoms with Crippen molar-refractivity contribution in [3.63, 3.8) is 0 Å². The van der Waals surface area contributed by atoms with Crippen molar-refractivity contribution < 1.29 is 9.59 Å². The summed E-state index contributed by atoms with van der Waals surface area (Å²) in [6, 6.07) is 9.71. The lowest BCUT2D eigenvalue weighted by Crippen LogP contribution is -2.48. The van der Waals surface area contributed by atoms with Gasteiger partial charge in [0.2, 0.25) is 5.91 Å². The van der Waals surface area contributed by atoms with E-state index in [9.17, 15) is 9.59 Å². The number of nitrogens with zero attached hydrogens (tertiary/aromatic N) is 2. The molecule has 0 unspecified atom stereocenters. The first kappa shape index (κ1) is 17.5. The maximum Gasteiger partial charge on any atom is 0.251 e. The highest BCUT2D eigenvalue weighted by atomic mass is 16.2. The van der Waals surface area contributed by atoms with Crippen molar-refractivity contribution >= 4 is 11.8 Å². The van der Waals surface area contributed by atoms with Gasteiger partial charge in [-0.2, -0.15) is 0 Å². The quantitative estimate of drug-likeness (QED) is 0.900. The summed E-state index contributed by atoms with van der Waals surface area (Å²) >= 11 is 0. The van der Waals surface area contributed by atoms with Crippen molar-refractivity contribution in [1.29, 1.82) is 0 Å². The number of likely N-dealkylation sites (tertiary alicyclic amines) is 1. The van der Waals surface area contributed by atoms with Crippen molar-refractivity contribution in [2.24, 2.45) is 0 Å². The van der Waals surface area contributed by atoms with Crippen LogP contribution in [0.2, 0.25) is 0 Å². The van der Waals surface area contributed by atoms with Gasteiger partial charge in [0.25, 0.3) is 5.91 Å². The van der Waals surface area contributed by atoms with E-state index in [1.807, 2.05) is 51.2 Å². The highest BCUT2D eigenvalue weighted by molar-refractivity contribution is 5.94. The molecule has 23 heavy (non-hydrogen) atoms. The first-order valence-electron chi connectivity index (χ1n) is 8.31. The first-order valence-corrected chi connectivity index (χ1v) is 8.31. The zero-order valence-corrected chi connectivity index (χ0v) is 14.3. The summed E-state index contributed by atoms with van der Waals surface area (Å²) in [7, 11) is 1.85. The van der Waals surface area contributed by atoms with Crippen LogP contribution in [0.15, 0.2) is 30.3 Å². The van der Waals surface area contributed by atoms with Crippen LogP contribution in [0.5, 0.6) is 0 Å². The lowest BCUT2D eigenvalue weighted by molar-refractivity contribution is -0.132. The van der Waals surface area contributed by atoms with Gasteiger partial charge < -0.3 is 10.2 Å². The van der Waals surface area contributed by atoms with E-state index in [4.69, 9.17) is 0 Å². The fraction of sp³-hybridized carbons (Fsp3) is 0.556. The topological polar surface area (TPSA) is 52.7 Å². The molecule has 1 fully saturated rings. The van der Waals surface area contributed by atoms with Crippen LogP contribution < -0.4 is 5.32 Å². The number of carbonyl (C=O) groups is 2. The van der Waals surface area contributed by atoms with Crippen LogP contribution >= 0.6 is 0 Å². The predicted octanol–water partition coefficient (Wildman–Crippen LogP) is 1.75. The fourth-order valence-corrected chi connectivity index (χ4v) is 2.68. The zero-order chi connectivity index (χ0) is 16.8. The molecule has 0 bridgehead atoms. The molecule has 1 aliphatic heterocycles. The maximum absolute atomic E-state index is 12.2. The average Bonchev–Trinajstić information content (AvgIpc) is 2.56.